The van der Waals surface area contributed by atoms with Gasteiger partial charge in [0.15, 0.2) is 0 Å². The molecule has 0 radical (unpaired) electrons. The number of alkyl halides is 3. The average molecular weight is 274 g/mol. The Morgan fingerprint density at radius 2 is 1.95 bits per heavy atom. The molecule has 106 valence electrons. The van der Waals surface area contributed by atoms with Crippen molar-refractivity contribution in [1.82, 2.24) is 0 Å². The van der Waals surface area contributed by atoms with Crippen LogP contribution in [0.15, 0.2) is 18.2 Å². The minimum atomic E-state index is -4.84. The lowest BCUT2D eigenvalue weighted by molar-refractivity contribution is -0.0885. The Morgan fingerprint density at radius 1 is 1.32 bits per heavy atom. The highest BCUT2D eigenvalue weighted by Crippen LogP contribution is 2.25. The second-order valence-corrected chi connectivity index (χ2v) is 4.83. The van der Waals surface area contributed by atoms with Gasteiger partial charge >= 0.3 is 6.18 Å². The topological polar surface area (TPSA) is 26.3 Å². The van der Waals surface area contributed by atoms with Gasteiger partial charge in [-0.1, -0.05) is 13.8 Å². The van der Waals surface area contributed by atoms with E-state index >= 15 is 0 Å². The quantitative estimate of drug-likeness (QED) is 0.753. The molecule has 0 fully saturated rings. The summed E-state index contributed by atoms with van der Waals surface area (Å²) in [6.45, 7) is 6.08. The van der Waals surface area contributed by atoms with Gasteiger partial charge in [-0.25, -0.2) is 0 Å². The lowest BCUT2D eigenvalue weighted by Gasteiger charge is -2.11. The molecule has 1 aromatic carbocycles. The largest absolute Gasteiger partial charge is 0.494 e. The average Bonchev–Trinajstić information content (AvgIpc) is 2.26. The van der Waals surface area contributed by atoms with Crippen molar-refractivity contribution in [3.05, 3.63) is 29.3 Å². The van der Waals surface area contributed by atoms with Crippen LogP contribution < -0.4 is 4.74 Å². The van der Waals surface area contributed by atoms with E-state index in [4.69, 9.17) is 4.74 Å². The van der Waals surface area contributed by atoms with E-state index in [9.17, 15) is 18.0 Å². The molecule has 0 unspecified atom stereocenters. The number of ketones is 1. The van der Waals surface area contributed by atoms with E-state index in [2.05, 4.69) is 13.8 Å². The van der Waals surface area contributed by atoms with Crippen LogP contribution in [0.5, 0.6) is 5.75 Å². The maximum atomic E-state index is 12.3. The van der Waals surface area contributed by atoms with E-state index in [-0.39, 0.29) is 11.1 Å². The molecule has 0 aliphatic rings. The number of benzene rings is 1. The monoisotopic (exact) mass is 274 g/mol. The van der Waals surface area contributed by atoms with Gasteiger partial charge in [0.1, 0.15) is 5.75 Å². The second-order valence-electron chi connectivity index (χ2n) is 4.83. The third-order valence-corrected chi connectivity index (χ3v) is 2.66. The van der Waals surface area contributed by atoms with Crippen molar-refractivity contribution in [2.24, 2.45) is 5.92 Å². The third kappa shape index (κ3) is 4.58. The van der Waals surface area contributed by atoms with Gasteiger partial charge in [-0.3, -0.25) is 4.79 Å². The number of Topliss-reactive ketones (excluding diaryl/α,β-unsaturated/α-hetero) is 1. The molecule has 0 bridgehead atoms. The van der Waals surface area contributed by atoms with Crippen molar-refractivity contribution in [2.45, 2.75) is 33.4 Å². The van der Waals surface area contributed by atoms with Gasteiger partial charge in [0.25, 0.3) is 5.78 Å². The van der Waals surface area contributed by atoms with Gasteiger partial charge in [-0.15, -0.1) is 0 Å². The molecule has 0 aliphatic heterocycles. The second kappa shape index (κ2) is 6.08. The van der Waals surface area contributed by atoms with Gasteiger partial charge < -0.3 is 4.74 Å². The maximum absolute atomic E-state index is 12.3. The Morgan fingerprint density at radius 3 is 2.42 bits per heavy atom. The highest BCUT2D eigenvalue weighted by atomic mass is 19.4. The Kier molecular flexibility index (Phi) is 4.97. The molecule has 1 aromatic rings. The first-order chi connectivity index (χ1) is 8.71. The molecule has 0 N–H and O–H groups in total. The summed E-state index contributed by atoms with van der Waals surface area (Å²) >= 11 is 0. The highest BCUT2D eigenvalue weighted by Gasteiger charge is 2.39. The summed E-state index contributed by atoms with van der Waals surface area (Å²) in [6, 6.07) is 4.02. The Balaban J connectivity index is 2.78. The van der Waals surface area contributed by atoms with Gasteiger partial charge in [0, 0.05) is 5.56 Å². The number of hydrogen-bond acceptors (Lipinski definition) is 2. The van der Waals surface area contributed by atoms with Crippen LogP contribution in [-0.4, -0.2) is 18.6 Å². The number of rotatable bonds is 5. The minimum Gasteiger partial charge on any atom is -0.494 e. The van der Waals surface area contributed by atoms with Gasteiger partial charge in [0.05, 0.1) is 6.61 Å². The van der Waals surface area contributed by atoms with E-state index in [1.165, 1.54) is 19.1 Å². The van der Waals surface area contributed by atoms with Crippen LogP contribution in [0, 0.1) is 12.8 Å². The standard InChI is InChI=1S/C14H17F3O2/c1-9(2)6-7-19-11-4-5-12(10(3)8-11)13(18)14(15,16)17/h4-5,8-9H,6-7H2,1-3H3. The van der Waals surface area contributed by atoms with Crippen LogP contribution in [0.1, 0.15) is 36.2 Å². The SMILES string of the molecule is Cc1cc(OCCC(C)C)ccc1C(=O)C(F)(F)F. The normalized spacial score (nSPS) is 11.7. The number of halogens is 3. The summed E-state index contributed by atoms with van der Waals surface area (Å²) in [5.74, 6) is -0.845. The summed E-state index contributed by atoms with van der Waals surface area (Å²) < 4.78 is 42.4. The molecular formula is C14H17F3O2. The maximum Gasteiger partial charge on any atom is 0.454 e. The molecule has 0 aliphatic carbocycles. The number of carbonyl (C=O) groups excluding carboxylic acids is 1. The Bertz CT molecular complexity index is 450. The fourth-order valence-corrected chi connectivity index (χ4v) is 1.55. The molecule has 0 amide bonds. The van der Waals surface area contributed by atoms with E-state index < -0.39 is 12.0 Å². The molecule has 0 atom stereocenters. The van der Waals surface area contributed by atoms with Crippen molar-refractivity contribution < 1.29 is 22.7 Å². The van der Waals surface area contributed by atoms with Crippen molar-refractivity contribution >= 4 is 5.78 Å². The molecule has 0 spiro atoms. The molecule has 5 heteroatoms. The number of carbonyl (C=O) groups is 1. The molecule has 0 aromatic heterocycles. The molecule has 0 saturated carbocycles. The number of aryl methyl sites for hydroxylation is 1. The first kappa shape index (κ1) is 15.5. The molecule has 0 saturated heterocycles. The van der Waals surface area contributed by atoms with Crippen LogP contribution in [0.4, 0.5) is 13.2 Å². The first-order valence-corrected chi connectivity index (χ1v) is 6.06. The predicted molar refractivity (Wildman–Crippen MR) is 66.5 cm³/mol. The van der Waals surface area contributed by atoms with Crippen LogP contribution in [0.3, 0.4) is 0 Å². The summed E-state index contributed by atoms with van der Waals surface area (Å²) in [5.41, 5.74) is -0.0620. The lowest BCUT2D eigenvalue weighted by atomic mass is 10.0. The molecule has 0 heterocycles. The fourth-order valence-electron chi connectivity index (χ4n) is 1.55. The Hall–Kier alpha value is -1.52. The van der Waals surface area contributed by atoms with Crippen LogP contribution in [0.2, 0.25) is 0 Å². The van der Waals surface area contributed by atoms with Gasteiger partial charge in [0.2, 0.25) is 0 Å². The summed E-state index contributed by atoms with van der Waals surface area (Å²) in [7, 11) is 0. The van der Waals surface area contributed by atoms with E-state index in [1.54, 1.807) is 0 Å². The van der Waals surface area contributed by atoms with Crippen LogP contribution in [-0.2, 0) is 0 Å². The zero-order chi connectivity index (χ0) is 14.6. The zero-order valence-electron chi connectivity index (χ0n) is 11.2. The van der Waals surface area contributed by atoms with Crippen molar-refractivity contribution in [3.63, 3.8) is 0 Å². The molecule has 1 rings (SSSR count). The minimum absolute atomic E-state index is 0.268. The predicted octanol–water partition coefficient (Wildman–Crippen LogP) is 4.16. The van der Waals surface area contributed by atoms with E-state index in [0.717, 1.165) is 12.5 Å². The lowest BCUT2D eigenvalue weighted by Crippen LogP contribution is -2.23. The van der Waals surface area contributed by atoms with Crippen molar-refractivity contribution in [3.8, 4) is 5.75 Å². The Labute approximate surface area is 110 Å². The molecule has 2 nitrogen and oxygen atoms in total. The van der Waals surface area contributed by atoms with E-state index in [0.29, 0.717) is 18.3 Å². The van der Waals surface area contributed by atoms with Crippen molar-refractivity contribution in [1.29, 1.82) is 0 Å². The first-order valence-electron chi connectivity index (χ1n) is 6.06. The third-order valence-electron chi connectivity index (χ3n) is 2.66. The van der Waals surface area contributed by atoms with Crippen LogP contribution in [0.25, 0.3) is 0 Å². The van der Waals surface area contributed by atoms with Gasteiger partial charge in [-0.2, -0.15) is 13.2 Å². The number of ether oxygens (including phenoxy) is 1. The summed E-state index contributed by atoms with van der Waals surface area (Å²) in [4.78, 5) is 11.1. The molecular weight excluding hydrogens is 257 g/mol. The molecule has 19 heavy (non-hydrogen) atoms. The van der Waals surface area contributed by atoms with Crippen LogP contribution >= 0.6 is 0 Å². The smallest absolute Gasteiger partial charge is 0.454 e. The van der Waals surface area contributed by atoms with Gasteiger partial charge in [-0.05, 0) is 43.0 Å². The van der Waals surface area contributed by atoms with Crippen molar-refractivity contribution in [2.75, 3.05) is 6.61 Å². The zero-order valence-corrected chi connectivity index (χ0v) is 11.2. The summed E-state index contributed by atoms with van der Waals surface area (Å²) in [5, 5.41) is 0. The number of hydrogen-bond donors (Lipinski definition) is 0. The summed E-state index contributed by atoms with van der Waals surface area (Å²) in [6.07, 6.45) is -3.98. The fraction of sp³-hybridized carbons (Fsp3) is 0.500. The highest BCUT2D eigenvalue weighted by molar-refractivity contribution is 6.01. The van der Waals surface area contributed by atoms with E-state index in [1.807, 2.05) is 0 Å².